The maximum atomic E-state index is 15.8. The molecule has 0 bridgehead atoms. The average Bonchev–Trinajstić information content (AvgIpc) is 3.56. The zero-order valence-electron chi connectivity index (χ0n) is 42.9. The summed E-state index contributed by atoms with van der Waals surface area (Å²) in [6, 6.07) is 30.1. The highest BCUT2D eigenvalue weighted by molar-refractivity contribution is 6.33. The molecule has 0 fully saturated rings. The van der Waals surface area contributed by atoms with Crippen LogP contribution in [0, 0.1) is 74.2 Å². The van der Waals surface area contributed by atoms with Crippen LogP contribution in [0.25, 0.3) is 32.3 Å². The van der Waals surface area contributed by atoms with Crippen LogP contribution in [-0.2, 0) is 0 Å². The van der Waals surface area contributed by atoms with Crippen LogP contribution in [0.2, 0.25) is 0 Å². The topological polar surface area (TPSA) is 64.5 Å². The third kappa shape index (κ3) is 9.03. The molecule has 0 aliphatic heterocycles. The van der Waals surface area contributed by atoms with Crippen molar-refractivity contribution in [2.24, 2.45) is 0 Å². The summed E-state index contributed by atoms with van der Waals surface area (Å²) in [5.74, 6) is -7.05. The number of anilines is 12. The van der Waals surface area contributed by atoms with Gasteiger partial charge in [-0.1, -0.05) is 24.3 Å². The van der Waals surface area contributed by atoms with E-state index in [9.17, 15) is 0 Å². The zero-order chi connectivity index (χ0) is 55.7. The molecule has 4 heterocycles. The van der Waals surface area contributed by atoms with Crippen LogP contribution in [0.5, 0.6) is 0 Å². The van der Waals surface area contributed by atoms with Gasteiger partial charge in [0.1, 0.15) is 46.5 Å². The van der Waals surface area contributed by atoms with Crippen molar-refractivity contribution in [2.45, 2.75) is 27.7 Å². The molecule has 0 amide bonds. The van der Waals surface area contributed by atoms with E-state index >= 15 is 35.1 Å². The largest absolute Gasteiger partial charge is 0.309 e. The quantitative estimate of drug-likeness (QED) is 0.0886. The summed E-state index contributed by atoms with van der Waals surface area (Å²) >= 11 is 0. The fourth-order valence-corrected chi connectivity index (χ4v) is 10.8. The Balaban J connectivity index is 1.34. The van der Waals surface area contributed by atoms with E-state index < -0.39 is 46.5 Å². The molecule has 8 aromatic carbocycles. The third-order valence-electron chi connectivity index (χ3n) is 14.1. The van der Waals surface area contributed by atoms with Gasteiger partial charge in [-0.25, -0.2) is 35.1 Å². The SMILES string of the molecule is Cc1cnccc1N(c1cc(F)cc(F)c1)c1cc(N(c2cc(F)cc(F)c2)c2ccncc2C)c2ccc3c(N(c4cc(F)cc(F)c4)c4ccncc4C)cc(N(c4cc(F)cc(F)c4)c4ccncc4C)c4ccc1c2c43. The fourth-order valence-electron chi connectivity index (χ4n) is 10.8. The van der Waals surface area contributed by atoms with Gasteiger partial charge < -0.3 is 19.6 Å². The summed E-state index contributed by atoms with van der Waals surface area (Å²) in [4.78, 5) is 24.1. The highest BCUT2D eigenvalue weighted by Gasteiger charge is 2.31. The van der Waals surface area contributed by atoms with Crippen LogP contribution < -0.4 is 19.6 Å². The van der Waals surface area contributed by atoms with E-state index in [-0.39, 0.29) is 22.7 Å². The Morgan fingerprint density at radius 3 is 0.637 bits per heavy atom. The van der Waals surface area contributed by atoms with Crippen molar-refractivity contribution < 1.29 is 35.1 Å². The minimum atomic E-state index is -0.881. The number of halogens is 8. The van der Waals surface area contributed by atoms with Crippen LogP contribution in [0.1, 0.15) is 22.3 Å². The second-order valence-electron chi connectivity index (χ2n) is 19.4. The lowest BCUT2D eigenvalue weighted by atomic mass is 9.89. The smallest absolute Gasteiger partial charge is 0.128 e. The number of hydrogen-bond acceptors (Lipinski definition) is 8. The molecule has 16 heteroatoms. The number of hydrogen-bond donors (Lipinski definition) is 0. The van der Waals surface area contributed by atoms with Gasteiger partial charge in [-0.15, -0.1) is 0 Å². The third-order valence-corrected chi connectivity index (χ3v) is 14.1. The lowest BCUT2D eigenvalue weighted by Crippen LogP contribution is -2.17. The maximum Gasteiger partial charge on any atom is 0.128 e. The summed E-state index contributed by atoms with van der Waals surface area (Å²) in [5, 5.41) is 2.88. The first-order chi connectivity index (χ1) is 38.6. The average molecular weight is 1080 g/mol. The molecular weight excluding hydrogens is 1030 g/mol. The molecule has 0 spiro atoms. The summed E-state index contributed by atoms with van der Waals surface area (Å²) in [6.07, 6.45) is 12.6. The molecule has 8 nitrogen and oxygen atoms in total. The second-order valence-corrected chi connectivity index (χ2v) is 19.4. The fraction of sp³-hybridized carbons (Fsp3) is 0.0625. The molecule has 394 valence electrons. The maximum absolute atomic E-state index is 15.8. The van der Waals surface area contributed by atoms with Gasteiger partial charge in [-0.2, -0.15) is 0 Å². The predicted octanol–water partition coefficient (Wildman–Crippen LogP) is 18.4. The Labute approximate surface area is 453 Å². The monoisotopic (exact) mass is 1070 g/mol. The first-order valence-corrected chi connectivity index (χ1v) is 25.1. The van der Waals surface area contributed by atoms with Crippen molar-refractivity contribution in [1.29, 1.82) is 0 Å². The Bertz CT molecular complexity index is 3790. The first-order valence-electron chi connectivity index (χ1n) is 25.1. The van der Waals surface area contributed by atoms with Crippen LogP contribution in [0.3, 0.4) is 0 Å². The number of aryl methyl sites for hydroxylation is 4. The molecule has 0 radical (unpaired) electrons. The van der Waals surface area contributed by atoms with Gasteiger partial charge in [-0.05, 0) is 135 Å². The summed E-state index contributed by atoms with van der Waals surface area (Å²) < 4.78 is 126. The normalized spacial score (nSPS) is 11.5. The second kappa shape index (κ2) is 20.1. The Hall–Kier alpha value is -9.96. The number of rotatable bonds is 12. The minimum Gasteiger partial charge on any atom is -0.309 e. The Morgan fingerprint density at radius 2 is 0.450 bits per heavy atom. The van der Waals surface area contributed by atoms with Gasteiger partial charge in [0, 0.05) is 106 Å². The lowest BCUT2D eigenvalue weighted by molar-refractivity contribution is 0.583. The van der Waals surface area contributed by atoms with Gasteiger partial charge in [0.2, 0.25) is 0 Å². The van der Waals surface area contributed by atoms with Gasteiger partial charge in [0.05, 0.1) is 68.2 Å². The molecule has 0 N–H and O–H groups in total. The van der Waals surface area contributed by atoms with Gasteiger partial charge in [0.25, 0.3) is 0 Å². The first kappa shape index (κ1) is 50.8. The van der Waals surface area contributed by atoms with Crippen molar-refractivity contribution in [3.05, 3.63) is 252 Å². The van der Waals surface area contributed by atoms with Crippen LogP contribution in [0.15, 0.2) is 183 Å². The van der Waals surface area contributed by atoms with E-state index in [4.69, 9.17) is 0 Å². The van der Waals surface area contributed by atoms with Crippen molar-refractivity contribution >= 4 is 101 Å². The molecule has 12 rings (SSSR count). The van der Waals surface area contributed by atoms with Crippen molar-refractivity contribution in [1.82, 2.24) is 19.9 Å². The number of benzene rings is 8. The number of aromatic nitrogens is 4. The molecule has 0 aliphatic rings. The molecule has 0 saturated heterocycles. The predicted molar refractivity (Wildman–Crippen MR) is 299 cm³/mol. The van der Waals surface area contributed by atoms with Crippen LogP contribution >= 0.6 is 0 Å². The molecule has 0 unspecified atom stereocenters. The van der Waals surface area contributed by atoms with E-state index in [2.05, 4.69) is 19.9 Å². The van der Waals surface area contributed by atoms with Gasteiger partial charge in [0.15, 0.2) is 0 Å². The highest BCUT2D eigenvalue weighted by Crippen LogP contribution is 2.56. The molecule has 0 atom stereocenters. The summed E-state index contributed by atoms with van der Waals surface area (Å²) in [7, 11) is 0. The molecule has 0 saturated carbocycles. The summed E-state index contributed by atoms with van der Waals surface area (Å²) in [6.45, 7) is 7.16. The molecule has 12 aromatic rings. The zero-order valence-corrected chi connectivity index (χ0v) is 42.9. The molecular formula is C64H42F8N8. The Morgan fingerprint density at radius 1 is 0.250 bits per heavy atom. The summed E-state index contributed by atoms with van der Waals surface area (Å²) in [5.41, 5.74) is 5.73. The van der Waals surface area contributed by atoms with E-state index in [1.165, 1.54) is 48.5 Å². The lowest BCUT2D eigenvalue weighted by Gasteiger charge is -2.35. The van der Waals surface area contributed by atoms with E-state index in [1.807, 2.05) is 24.3 Å². The van der Waals surface area contributed by atoms with Crippen molar-refractivity contribution in [2.75, 3.05) is 19.6 Å². The molecule has 80 heavy (non-hydrogen) atoms. The Kier molecular flexibility index (Phi) is 12.8. The standard InChI is InChI=1S/C64H42F8N8/c1-35-31-73-13-9-55(35)77(47-21-39(65)17-40(66)22-47)59-29-60(78(56-10-14-74-32-36(56)2)48-23-41(67)18-42(68)24-48)52-7-8-54-62(80(58-12-16-76-34-38(58)4)50-27-45(71)20-46(72)28-50)30-61(53-6-5-51(59)63(52)64(53)54)79(57-11-15-75-33-37(57)3)49-25-43(69)19-44(70)26-49/h5-34H,1-4H3. The van der Waals surface area contributed by atoms with E-state index in [0.717, 1.165) is 24.3 Å². The molecule has 0 aliphatic carbocycles. The van der Waals surface area contributed by atoms with Crippen molar-refractivity contribution in [3.63, 3.8) is 0 Å². The highest BCUT2D eigenvalue weighted by atomic mass is 19.2. The van der Waals surface area contributed by atoms with Gasteiger partial charge >= 0.3 is 0 Å². The molecule has 4 aromatic heterocycles. The van der Waals surface area contributed by atoms with E-state index in [1.54, 1.807) is 133 Å². The van der Waals surface area contributed by atoms with Crippen molar-refractivity contribution in [3.8, 4) is 0 Å². The van der Waals surface area contributed by atoms with E-state index in [0.29, 0.717) is 100 Å². The van der Waals surface area contributed by atoms with Gasteiger partial charge in [-0.3, -0.25) is 19.9 Å². The number of nitrogens with zero attached hydrogens (tertiary/aromatic N) is 8. The van der Waals surface area contributed by atoms with Crippen LogP contribution in [0.4, 0.5) is 103 Å². The van der Waals surface area contributed by atoms with Crippen LogP contribution in [-0.4, -0.2) is 19.9 Å². The number of pyridine rings is 4. The minimum absolute atomic E-state index is 0.0579.